The van der Waals surface area contributed by atoms with Gasteiger partial charge in [-0.25, -0.2) is 4.98 Å². The Morgan fingerprint density at radius 2 is 1.96 bits per heavy atom. The molecule has 0 fully saturated rings. The zero-order valence-electron chi connectivity index (χ0n) is 12.9. The van der Waals surface area contributed by atoms with E-state index in [4.69, 9.17) is 5.26 Å². The lowest BCUT2D eigenvalue weighted by Gasteiger charge is -2.07. The number of carboxylic acids is 1. The standard InChI is InChI=1S/C17H15N3O3S/c1-11-2-5-14(8-18)16(20-11)24-10-15(21)19-9-12-3-6-13(7-4-12)17(22)23/h2-7H,9-10H2,1H3,(H,19,21)(H,22,23)/p-1. The minimum atomic E-state index is -1.24. The number of thioether (sulfide) groups is 1. The molecule has 2 rings (SSSR count). The molecular formula is C17H14N3O3S-. The van der Waals surface area contributed by atoms with Crippen molar-refractivity contribution >= 4 is 23.6 Å². The van der Waals surface area contributed by atoms with Gasteiger partial charge in [-0.05, 0) is 30.2 Å². The molecule has 0 aliphatic heterocycles. The lowest BCUT2D eigenvalue weighted by molar-refractivity contribution is -0.255. The minimum absolute atomic E-state index is 0.0928. The van der Waals surface area contributed by atoms with Crippen LogP contribution in [0.2, 0.25) is 0 Å². The molecule has 1 aromatic carbocycles. The van der Waals surface area contributed by atoms with Crippen molar-refractivity contribution in [3.63, 3.8) is 0 Å². The second-order valence-corrected chi connectivity index (χ2v) is 5.93. The second kappa shape index (κ2) is 8.13. The number of carbonyl (C=O) groups excluding carboxylic acids is 2. The molecule has 122 valence electrons. The third kappa shape index (κ3) is 4.83. The Morgan fingerprint density at radius 1 is 1.25 bits per heavy atom. The molecule has 0 saturated carbocycles. The molecule has 0 radical (unpaired) electrons. The van der Waals surface area contributed by atoms with E-state index in [1.807, 2.05) is 6.92 Å². The van der Waals surface area contributed by atoms with Gasteiger partial charge in [-0.3, -0.25) is 4.79 Å². The fourth-order valence-corrected chi connectivity index (χ4v) is 2.72. The number of hydrogen-bond acceptors (Lipinski definition) is 6. The van der Waals surface area contributed by atoms with Crippen molar-refractivity contribution in [2.75, 3.05) is 5.75 Å². The number of nitrogens with one attached hydrogen (secondary N) is 1. The number of aromatic nitrogens is 1. The predicted molar refractivity (Wildman–Crippen MR) is 87.0 cm³/mol. The summed E-state index contributed by atoms with van der Waals surface area (Å²) in [5.74, 6) is -1.29. The second-order valence-electron chi connectivity index (χ2n) is 4.97. The highest BCUT2D eigenvalue weighted by atomic mass is 32.2. The first-order valence-electron chi connectivity index (χ1n) is 7.07. The van der Waals surface area contributed by atoms with Crippen LogP contribution in [-0.4, -0.2) is 22.6 Å². The Morgan fingerprint density at radius 3 is 2.58 bits per heavy atom. The summed E-state index contributed by atoms with van der Waals surface area (Å²) >= 11 is 1.20. The molecule has 0 atom stereocenters. The third-order valence-electron chi connectivity index (χ3n) is 3.14. The summed E-state index contributed by atoms with van der Waals surface area (Å²) in [5.41, 5.74) is 2.10. The topological polar surface area (TPSA) is 106 Å². The lowest BCUT2D eigenvalue weighted by Crippen LogP contribution is -2.25. The number of aromatic carboxylic acids is 1. The van der Waals surface area contributed by atoms with E-state index in [2.05, 4.69) is 16.4 Å². The van der Waals surface area contributed by atoms with Crippen LogP contribution < -0.4 is 10.4 Å². The molecule has 0 aliphatic carbocycles. The van der Waals surface area contributed by atoms with E-state index in [9.17, 15) is 14.7 Å². The number of rotatable bonds is 6. The number of carbonyl (C=O) groups is 2. The van der Waals surface area contributed by atoms with E-state index in [-0.39, 0.29) is 17.2 Å². The number of amides is 1. The highest BCUT2D eigenvalue weighted by Crippen LogP contribution is 2.20. The van der Waals surface area contributed by atoms with Crippen molar-refractivity contribution in [3.05, 3.63) is 58.8 Å². The van der Waals surface area contributed by atoms with Crippen LogP contribution in [0.25, 0.3) is 0 Å². The van der Waals surface area contributed by atoms with E-state index in [0.29, 0.717) is 17.1 Å². The summed E-state index contributed by atoms with van der Waals surface area (Å²) in [7, 11) is 0. The van der Waals surface area contributed by atoms with E-state index in [1.165, 1.54) is 23.9 Å². The Hall–Kier alpha value is -2.85. The highest BCUT2D eigenvalue weighted by Gasteiger charge is 2.08. The molecule has 1 amide bonds. The third-order valence-corrected chi connectivity index (χ3v) is 4.13. The van der Waals surface area contributed by atoms with Gasteiger partial charge in [0.05, 0.1) is 17.3 Å². The first-order valence-corrected chi connectivity index (χ1v) is 8.05. The lowest BCUT2D eigenvalue weighted by atomic mass is 10.1. The van der Waals surface area contributed by atoms with Gasteiger partial charge in [0.1, 0.15) is 11.1 Å². The molecular weight excluding hydrogens is 326 g/mol. The quantitative estimate of drug-likeness (QED) is 0.787. The van der Waals surface area contributed by atoms with Crippen molar-refractivity contribution in [3.8, 4) is 6.07 Å². The van der Waals surface area contributed by atoms with E-state index in [0.717, 1.165) is 11.3 Å². The Bertz CT molecular complexity index is 798. The number of benzene rings is 1. The van der Waals surface area contributed by atoms with Gasteiger partial charge in [0.2, 0.25) is 5.91 Å². The Balaban J connectivity index is 1.87. The molecule has 6 nitrogen and oxygen atoms in total. The summed E-state index contributed by atoms with van der Waals surface area (Å²) in [6, 6.07) is 11.6. The number of nitrogens with zero attached hydrogens (tertiary/aromatic N) is 2. The van der Waals surface area contributed by atoms with Crippen LogP contribution in [0.5, 0.6) is 0 Å². The number of nitriles is 1. The van der Waals surface area contributed by atoms with E-state index in [1.54, 1.807) is 24.3 Å². The van der Waals surface area contributed by atoms with Crippen molar-refractivity contribution in [2.45, 2.75) is 18.5 Å². The highest BCUT2D eigenvalue weighted by molar-refractivity contribution is 8.00. The van der Waals surface area contributed by atoms with Crippen LogP contribution in [0, 0.1) is 18.3 Å². The molecule has 0 saturated heterocycles. The van der Waals surface area contributed by atoms with Gasteiger partial charge in [0.25, 0.3) is 0 Å². The monoisotopic (exact) mass is 340 g/mol. The van der Waals surface area contributed by atoms with Crippen LogP contribution in [-0.2, 0) is 11.3 Å². The molecule has 0 unspecified atom stereocenters. The first-order chi connectivity index (χ1) is 11.5. The SMILES string of the molecule is Cc1ccc(C#N)c(SCC(=O)NCc2ccc(C(=O)[O-])cc2)n1. The van der Waals surface area contributed by atoms with Crippen LogP contribution in [0.3, 0.4) is 0 Å². The molecule has 2 aromatic rings. The smallest absolute Gasteiger partial charge is 0.230 e. The summed E-state index contributed by atoms with van der Waals surface area (Å²) in [4.78, 5) is 26.8. The van der Waals surface area contributed by atoms with Gasteiger partial charge >= 0.3 is 0 Å². The van der Waals surface area contributed by atoms with Crippen molar-refractivity contribution in [2.24, 2.45) is 0 Å². The van der Waals surface area contributed by atoms with Crippen LogP contribution in [0.4, 0.5) is 0 Å². The number of hydrogen-bond donors (Lipinski definition) is 1. The molecule has 1 heterocycles. The molecule has 1 N–H and O–H groups in total. The Kier molecular flexibility index (Phi) is 5.93. The minimum Gasteiger partial charge on any atom is -0.545 e. The Labute approximate surface area is 143 Å². The maximum absolute atomic E-state index is 11.9. The maximum atomic E-state index is 11.9. The van der Waals surface area contributed by atoms with Gasteiger partial charge in [0, 0.05) is 12.2 Å². The number of aryl methyl sites for hydroxylation is 1. The predicted octanol–water partition coefficient (Wildman–Crippen LogP) is 1.03. The molecule has 0 aliphatic rings. The van der Waals surface area contributed by atoms with Gasteiger partial charge < -0.3 is 15.2 Å². The van der Waals surface area contributed by atoms with E-state index < -0.39 is 5.97 Å². The van der Waals surface area contributed by atoms with E-state index >= 15 is 0 Å². The normalized spacial score (nSPS) is 10.0. The number of pyridine rings is 1. The fraction of sp³-hybridized carbons (Fsp3) is 0.176. The molecule has 1 aromatic heterocycles. The first kappa shape index (κ1) is 17.5. The number of carboxylic acid groups (broad SMARTS) is 1. The largest absolute Gasteiger partial charge is 0.545 e. The van der Waals surface area contributed by atoms with Crippen LogP contribution in [0.1, 0.15) is 27.2 Å². The zero-order valence-corrected chi connectivity index (χ0v) is 13.7. The van der Waals surface area contributed by atoms with Gasteiger partial charge in [-0.15, -0.1) is 0 Å². The summed E-state index contributed by atoms with van der Waals surface area (Å²) in [5, 5.41) is 23.0. The summed E-state index contributed by atoms with van der Waals surface area (Å²) in [6.45, 7) is 2.11. The fourth-order valence-electron chi connectivity index (χ4n) is 1.87. The molecule has 0 bridgehead atoms. The van der Waals surface area contributed by atoms with Crippen LogP contribution in [0.15, 0.2) is 41.4 Å². The summed E-state index contributed by atoms with van der Waals surface area (Å²) in [6.07, 6.45) is 0. The van der Waals surface area contributed by atoms with Gasteiger partial charge in [0.15, 0.2) is 0 Å². The summed E-state index contributed by atoms with van der Waals surface area (Å²) < 4.78 is 0. The molecule has 7 heteroatoms. The van der Waals surface area contributed by atoms with Gasteiger partial charge in [-0.1, -0.05) is 36.0 Å². The van der Waals surface area contributed by atoms with Crippen molar-refractivity contribution < 1.29 is 14.7 Å². The maximum Gasteiger partial charge on any atom is 0.230 e. The van der Waals surface area contributed by atoms with Crippen molar-refractivity contribution in [1.82, 2.24) is 10.3 Å². The van der Waals surface area contributed by atoms with Gasteiger partial charge in [-0.2, -0.15) is 5.26 Å². The average Bonchev–Trinajstić information content (AvgIpc) is 2.58. The average molecular weight is 340 g/mol. The van der Waals surface area contributed by atoms with Crippen molar-refractivity contribution in [1.29, 1.82) is 5.26 Å². The van der Waals surface area contributed by atoms with Crippen LogP contribution >= 0.6 is 11.8 Å². The molecule has 0 spiro atoms. The zero-order chi connectivity index (χ0) is 17.5. The molecule has 24 heavy (non-hydrogen) atoms.